The lowest BCUT2D eigenvalue weighted by atomic mass is 10.2. The highest BCUT2D eigenvalue weighted by molar-refractivity contribution is 7.99. The van der Waals surface area contributed by atoms with Crippen LogP contribution in [0.4, 0.5) is 0 Å². The largest absolute Gasteiger partial charge is 0.494 e. The van der Waals surface area contributed by atoms with Gasteiger partial charge in [-0.25, -0.2) is 0 Å². The molecule has 0 saturated heterocycles. The van der Waals surface area contributed by atoms with Gasteiger partial charge in [0.05, 0.1) is 6.61 Å². The lowest BCUT2D eigenvalue weighted by Gasteiger charge is -2.10. The van der Waals surface area contributed by atoms with E-state index in [-0.39, 0.29) is 0 Å². The van der Waals surface area contributed by atoms with E-state index in [2.05, 4.69) is 33.5 Å². The predicted molar refractivity (Wildman–Crippen MR) is 98.9 cm³/mol. The second kappa shape index (κ2) is 7.84. The van der Waals surface area contributed by atoms with Gasteiger partial charge in [0.15, 0.2) is 11.0 Å². The Morgan fingerprint density at radius 1 is 1.08 bits per heavy atom. The van der Waals surface area contributed by atoms with Crippen LogP contribution in [0.25, 0.3) is 17.1 Å². The first kappa shape index (κ1) is 16.3. The highest BCUT2D eigenvalue weighted by Gasteiger charge is 2.15. The molecule has 5 heteroatoms. The van der Waals surface area contributed by atoms with Gasteiger partial charge in [-0.1, -0.05) is 36.0 Å². The fourth-order valence-corrected chi connectivity index (χ4v) is 3.05. The SMILES string of the molecule is C=CCSc1nnc(-c2ccc(OCC)cc2)n1-c1ccccc1. The van der Waals surface area contributed by atoms with Crippen LogP contribution in [0.15, 0.2) is 72.4 Å². The van der Waals surface area contributed by atoms with Crippen LogP contribution in [0.2, 0.25) is 0 Å². The first-order valence-corrected chi connectivity index (χ1v) is 8.79. The Morgan fingerprint density at radius 3 is 2.50 bits per heavy atom. The summed E-state index contributed by atoms with van der Waals surface area (Å²) >= 11 is 1.62. The van der Waals surface area contributed by atoms with Gasteiger partial charge in [-0.05, 0) is 43.3 Å². The zero-order valence-corrected chi connectivity index (χ0v) is 14.4. The first-order chi connectivity index (χ1) is 11.8. The van der Waals surface area contributed by atoms with Crippen LogP contribution < -0.4 is 4.74 Å². The molecule has 0 fully saturated rings. The molecule has 2 aromatic carbocycles. The molecule has 0 saturated carbocycles. The van der Waals surface area contributed by atoms with E-state index in [1.807, 2.05) is 55.5 Å². The van der Waals surface area contributed by atoms with Gasteiger partial charge in [0.25, 0.3) is 0 Å². The maximum atomic E-state index is 5.51. The number of benzene rings is 2. The second-order valence-electron chi connectivity index (χ2n) is 5.03. The predicted octanol–water partition coefficient (Wildman–Crippen LogP) is 4.61. The molecule has 0 amide bonds. The molecule has 24 heavy (non-hydrogen) atoms. The van der Waals surface area contributed by atoms with Crippen molar-refractivity contribution in [2.45, 2.75) is 12.1 Å². The van der Waals surface area contributed by atoms with E-state index in [4.69, 9.17) is 4.74 Å². The van der Waals surface area contributed by atoms with Crippen LogP contribution in [0, 0.1) is 0 Å². The van der Waals surface area contributed by atoms with Gasteiger partial charge in [0.1, 0.15) is 5.75 Å². The van der Waals surface area contributed by atoms with Crippen LogP contribution in [0.3, 0.4) is 0 Å². The number of nitrogens with zero attached hydrogens (tertiary/aromatic N) is 3. The lowest BCUT2D eigenvalue weighted by Crippen LogP contribution is -1.99. The topological polar surface area (TPSA) is 39.9 Å². The fraction of sp³-hybridized carbons (Fsp3) is 0.158. The van der Waals surface area contributed by atoms with Crippen LogP contribution in [0.1, 0.15) is 6.92 Å². The quantitative estimate of drug-likeness (QED) is 0.466. The summed E-state index contributed by atoms with van der Waals surface area (Å²) in [7, 11) is 0. The summed E-state index contributed by atoms with van der Waals surface area (Å²) in [6, 6.07) is 18.1. The zero-order chi connectivity index (χ0) is 16.8. The summed E-state index contributed by atoms with van der Waals surface area (Å²) in [5.41, 5.74) is 2.04. The molecule has 0 aliphatic heterocycles. The third-order valence-corrected chi connectivity index (χ3v) is 4.33. The van der Waals surface area contributed by atoms with Crippen molar-refractivity contribution in [2.75, 3.05) is 12.4 Å². The van der Waals surface area contributed by atoms with E-state index >= 15 is 0 Å². The molecule has 3 aromatic rings. The lowest BCUT2D eigenvalue weighted by molar-refractivity contribution is 0.340. The zero-order valence-electron chi connectivity index (χ0n) is 13.6. The van der Waals surface area contributed by atoms with Crippen molar-refractivity contribution in [3.8, 4) is 22.8 Å². The normalized spacial score (nSPS) is 10.5. The van der Waals surface area contributed by atoms with Gasteiger partial charge in [-0.3, -0.25) is 4.57 Å². The Morgan fingerprint density at radius 2 is 1.83 bits per heavy atom. The standard InChI is InChI=1S/C19H19N3OS/c1-3-14-24-19-21-20-18(22(19)16-8-6-5-7-9-16)15-10-12-17(13-11-15)23-4-2/h3,5-13H,1,4,14H2,2H3. The molecule has 0 aliphatic rings. The fourth-order valence-electron chi connectivity index (χ4n) is 2.36. The molecular weight excluding hydrogens is 318 g/mol. The summed E-state index contributed by atoms with van der Waals surface area (Å²) < 4.78 is 7.59. The molecule has 4 nitrogen and oxygen atoms in total. The van der Waals surface area contributed by atoms with E-state index in [1.54, 1.807) is 11.8 Å². The average molecular weight is 337 g/mol. The average Bonchev–Trinajstić information content (AvgIpc) is 3.05. The van der Waals surface area contributed by atoms with Crippen molar-refractivity contribution in [1.29, 1.82) is 0 Å². The summed E-state index contributed by atoms with van der Waals surface area (Å²) in [6.07, 6.45) is 1.87. The third-order valence-electron chi connectivity index (χ3n) is 3.40. The first-order valence-electron chi connectivity index (χ1n) is 7.81. The number of rotatable bonds is 7. The maximum absolute atomic E-state index is 5.51. The van der Waals surface area contributed by atoms with E-state index in [0.717, 1.165) is 33.7 Å². The summed E-state index contributed by atoms with van der Waals surface area (Å²) in [5, 5.41) is 9.62. The highest BCUT2D eigenvalue weighted by atomic mass is 32.2. The van der Waals surface area contributed by atoms with Gasteiger partial charge in [0, 0.05) is 17.0 Å². The third kappa shape index (κ3) is 3.51. The van der Waals surface area contributed by atoms with Crippen LogP contribution in [-0.2, 0) is 0 Å². The van der Waals surface area contributed by atoms with Gasteiger partial charge in [-0.2, -0.15) is 0 Å². The number of ether oxygens (including phenoxy) is 1. The minimum Gasteiger partial charge on any atom is -0.494 e. The van der Waals surface area contributed by atoms with E-state index in [0.29, 0.717) is 6.61 Å². The Kier molecular flexibility index (Phi) is 5.33. The van der Waals surface area contributed by atoms with Gasteiger partial charge in [-0.15, -0.1) is 16.8 Å². The number of hydrogen-bond donors (Lipinski definition) is 0. The maximum Gasteiger partial charge on any atom is 0.196 e. The summed E-state index contributed by atoms with van der Waals surface area (Å²) in [4.78, 5) is 0. The molecule has 122 valence electrons. The molecule has 0 atom stereocenters. The molecule has 0 N–H and O–H groups in total. The summed E-state index contributed by atoms with van der Waals surface area (Å²) in [6.45, 7) is 6.41. The smallest absolute Gasteiger partial charge is 0.196 e. The van der Waals surface area contributed by atoms with E-state index in [9.17, 15) is 0 Å². The van der Waals surface area contributed by atoms with Crippen LogP contribution in [0.5, 0.6) is 5.75 Å². The van der Waals surface area contributed by atoms with Gasteiger partial charge in [0.2, 0.25) is 0 Å². The minimum atomic E-state index is 0.655. The molecule has 3 rings (SSSR count). The van der Waals surface area contributed by atoms with E-state index < -0.39 is 0 Å². The van der Waals surface area contributed by atoms with Crippen molar-refractivity contribution < 1.29 is 4.74 Å². The Labute approximate surface area is 146 Å². The number of hydrogen-bond acceptors (Lipinski definition) is 4. The Bertz CT molecular complexity index is 797. The van der Waals surface area contributed by atoms with Crippen molar-refractivity contribution in [2.24, 2.45) is 0 Å². The van der Waals surface area contributed by atoms with Crippen molar-refractivity contribution in [3.05, 3.63) is 67.3 Å². The van der Waals surface area contributed by atoms with Crippen LogP contribution in [-0.4, -0.2) is 27.1 Å². The number of thioether (sulfide) groups is 1. The van der Waals surface area contributed by atoms with Crippen molar-refractivity contribution >= 4 is 11.8 Å². The van der Waals surface area contributed by atoms with Crippen molar-refractivity contribution in [1.82, 2.24) is 14.8 Å². The minimum absolute atomic E-state index is 0.655. The molecule has 0 bridgehead atoms. The molecule has 0 radical (unpaired) electrons. The molecule has 1 aromatic heterocycles. The molecular formula is C19H19N3OS. The molecule has 0 spiro atoms. The number of aromatic nitrogens is 3. The summed E-state index contributed by atoms with van der Waals surface area (Å²) in [5.74, 6) is 2.46. The highest BCUT2D eigenvalue weighted by Crippen LogP contribution is 2.28. The Balaban J connectivity index is 2.04. The van der Waals surface area contributed by atoms with Gasteiger partial charge >= 0.3 is 0 Å². The van der Waals surface area contributed by atoms with Crippen LogP contribution >= 0.6 is 11.8 Å². The number of para-hydroxylation sites is 1. The van der Waals surface area contributed by atoms with Crippen molar-refractivity contribution in [3.63, 3.8) is 0 Å². The molecule has 0 aliphatic carbocycles. The Hall–Kier alpha value is -2.53. The molecule has 0 unspecified atom stereocenters. The molecule has 1 heterocycles. The second-order valence-corrected chi connectivity index (χ2v) is 6.02. The van der Waals surface area contributed by atoms with E-state index in [1.165, 1.54) is 0 Å². The monoisotopic (exact) mass is 337 g/mol. The van der Waals surface area contributed by atoms with Gasteiger partial charge < -0.3 is 4.74 Å².